The number of carbonyl (C=O) groups excluding carboxylic acids is 1. The number of sulfonamides is 1. The lowest BCUT2D eigenvalue weighted by Crippen LogP contribution is -2.23. The molecule has 2 aromatic rings. The summed E-state index contributed by atoms with van der Waals surface area (Å²) in [5, 5.41) is 2.85. The highest BCUT2D eigenvalue weighted by atomic mass is 32.2. The molecule has 5 nitrogen and oxygen atoms in total. The van der Waals surface area contributed by atoms with E-state index in [1.165, 1.54) is 25.0 Å². The maximum absolute atomic E-state index is 12.4. The van der Waals surface area contributed by atoms with Crippen LogP contribution in [0.1, 0.15) is 37.7 Å². The standard InChI is InChI=1S/C20H24N2O3S/c23-20(14-16-6-4-5-7-16)22-18-10-12-19(13-11-18)26(24,25)21-15-17-8-2-1-3-9-17/h1-3,8-13,16,21H,4-7,14-15H2,(H,22,23). The average Bonchev–Trinajstić information content (AvgIpc) is 3.14. The van der Waals surface area contributed by atoms with Crippen molar-refractivity contribution in [2.45, 2.75) is 43.5 Å². The molecule has 0 radical (unpaired) electrons. The van der Waals surface area contributed by atoms with Crippen LogP contribution in [0.3, 0.4) is 0 Å². The van der Waals surface area contributed by atoms with E-state index in [2.05, 4.69) is 10.0 Å². The summed E-state index contributed by atoms with van der Waals surface area (Å²) in [6.07, 6.45) is 5.20. The van der Waals surface area contributed by atoms with Gasteiger partial charge in [-0.1, -0.05) is 43.2 Å². The molecule has 0 unspecified atom stereocenters. The molecule has 0 atom stereocenters. The lowest BCUT2D eigenvalue weighted by Gasteiger charge is -2.11. The molecule has 3 rings (SSSR count). The molecule has 0 saturated heterocycles. The highest BCUT2D eigenvalue weighted by Crippen LogP contribution is 2.27. The molecule has 2 N–H and O–H groups in total. The van der Waals surface area contributed by atoms with Gasteiger partial charge in [0.25, 0.3) is 0 Å². The molecule has 6 heteroatoms. The zero-order valence-electron chi connectivity index (χ0n) is 14.6. The van der Waals surface area contributed by atoms with E-state index < -0.39 is 10.0 Å². The Balaban J connectivity index is 1.56. The molecule has 0 aliphatic heterocycles. The number of hydrogen-bond donors (Lipinski definition) is 2. The van der Waals surface area contributed by atoms with E-state index >= 15 is 0 Å². The Labute approximate surface area is 154 Å². The molecule has 2 aromatic carbocycles. The van der Waals surface area contributed by atoms with Crippen molar-refractivity contribution in [2.75, 3.05) is 5.32 Å². The molecule has 26 heavy (non-hydrogen) atoms. The van der Waals surface area contributed by atoms with Gasteiger partial charge < -0.3 is 5.32 Å². The number of hydrogen-bond acceptors (Lipinski definition) is 3. The van der Waals surface area contributed by atoms with E-state index in [-0.39, 0.29) is 17.3 Å². The fourth-order valence-corrected chi connectivity index (χ4v) is 4.28. The Hall–Kier alpha value is -2.18. The van der Waals surface area contributed by atoms with Gasteiger partial charge in [0.1, 0.15) is 0 Å². The first-order valence-corrected chi connectivity index (χ1v) is 10.4. The third kappa shape index (κ3) is 5.16. The third-order valence-corrected chi connectivity index (χ3v) is 6.12. The van der Waals surface area contributed by atoms with Gasteiger partial charge in [-0.15, -0.1) is 0 Å². The van der Waals surface area contributed by atoms with Crippen LogP contribution in [0, 0.1) is 5.92 Å². The largest absolute Gasteiger partial charge is 0.326 e. The minimum atomic E-state index is -3.59. The molecule has 0 bridgehead atoms. The fraction of sp³-hybridized carbons (Fsp3) is 0.350. The highest BCUT2D eigenvalue weighted by molar-refractivity contribution is 7.89. The van der Waals surface area contributed by atoms with Crippen molar-refractivity contribution in [2.24, 2.45) is 5.92 Å². The van der Waals surface area contributed by atoms with Crippen LogP contribution in [0.4, 0.5) is 5.69 Å². The monoisotopic (exact) mass is 372 g/mol. The second-order valence-corrected chi connectivity index (χ2v) is 8.50. The first-order valence-electron chi connectivity index (χ1n) is 8.96. The normalized spacial score (nSPS) is 15.1. The summed E-state index contributed by atoms with van der Waals surface area (Å²) in [4.78, 5) is 12.3. The van der Waals surface area contributed by atoms with Crippen LogP contribution in [0.2, 0.25) is 0 Å². The van der Waals surface area contributed by atoms with Crippen molar-refractivity contribution < 1.29 is 13.2 Å². The molecular formula is C20H24N2O3S. The quantitative estimate of drug-likeness (QED) is 0.778. The lowest BCUT2D eigenvalue weighted by atomic mass is 10.0. The summed E-state index contributed by atoms with van der Waals surface area (Å²) in [5.41, 5.74) is 1.52. The maximum atomic E-state index is 12.4. The summed E-state index contributed by atoms with van der Waals surface area (Å²) < 4.78 is 27.3. The van der Waals surface area contributed by atoms with Crippen LogP contribution < -0.4 is 10.0 Å². The summed E-state index contributed by atoms with van der Waals surface area (Å²) >= 11 is 0. The van der Waals surface area contributed by atoms with E-state index in [0.717, 1.165) is 18.4 Å². The molecule has 1 aliphatic rings. The first-order chi connectivity index (χ1) is 12.5. The highest BCUT2D eigenvalue weighted by Gasteiger charge is 2.19. The third-order valence-electron chi connectivity index (χ3n) is 4.71. The van der Waals surface area contributed by atoms with Gasteiger partial charge in [-0.05, 0) is 48.6 Å². The van der Waals surface area contributed by atoms with Gasteiger partial charge in [0.15, 0.2) is 0 Å². The molecule has 0 spiro atoms. The van der Waals surface area contributed by atoms with E-state index in [4.69, 9.17) is 0 Å². The van der Waals surface area contributed by atoms with Crippen LogP contribution in [-0.4, -0.2) is 14.3 Å². The maximum Gasteiger partial charge on any atom is 0.240 e. The van der Waals surface area contributed by atoms with Crippen LogP contribution in [0.5, 0.6) is 0 Å². The summed E-state index contributed by atoms with van der Waals surface area (Å²) in [6.45, 7) is 0.239. The molecule has 1 saturated carbocycles. The molecular weight excluding hydrogens is 348 g/mol. The summed E-state index contributed by atoms with van der Waals surface area (Å²) in [7, 11) is -3.59. The average molecular weight is 372 g/mol. The summed E-state index contributed by atoms with van der Waals surface area (Å²) in [5.74, 6) is 0.478. The van der Waals surface area contributed by atoms with Gasteiger partial charge in [-0.3, -0.25) is 4.79 Å². The van der Waals surface area contributed by atoms with Crippen LogP contribution >= 0.6 is 0 Å². The fourth-order valence-electron chi connectivity index (χ4n) is 3.26. The van der Waals surface area contributed by atoms with Crippen molar-refractivity contribution >= 4 is 21.6 Å². The van der Waals surface area contributed by atoms with E-state index in [9.17, 15) is 13.2 Å². The zero-order valence-corrected chi connectivity index (χ0v) is 15.5. The van der Waals surface area contributed by atoms with Gasteiger partial charge in [-0.25, -0.2) is 13.1 Å². The Morgan fingerprint density at radius 2 is 1.62 bits per heavy atom. The number of rotatable bonds is 7. The Morgan fingerprint density at radius 1 is 0.962 bits per heavy atom. The number of carbonyl (C=O) groups is 1. The van der Waals surface area contributed by atoms with Crippen molar-refractivity contribution in [3.05, 3.63) is 60.2 Å². The second-order valence-electron chi connectivity index (χ2n) is 6.74. The van der Waals surface area contributed by atoms with Crippen LogP contribution in [-0.2, 0) is 21.4 Å². The number of amides is 1. The van der Waals surface area contributed by atoms with Gasteiger partial charge in [0.05, 0.1) is 4.90 Å². The Bertz CT molecular complexity index is 827. The number of benzene rings is 2. The Kier molecular flexibility index (Phi) is 6.06. The van der Waals surface area contributed by atoms with Crippen molar-refractivity contribution in [3.63, 3.8) is 0 Å². The van der Waals surface area contributed by atoms with Gasteiger partial charge in [-0.2, -0.15) is 0 Å². The topological polar surface area (TPSA) is 75.3 Å². The molecule has 138 valence electrons. The zero-order chi connectivity index (χ0) is 18.4. The van der Waals surface area contributed by atoms with E-state index in [1.807, 2.05) is 30.3 Å². The minimum Gasteiger partial charge on any atom is -0.326 e. The molecule has 0 heterocycles. The molecule has 1 fully saturated rings. The SMILES string of the molecule is O=C(CC1CCCC1)Nc1ccc(S(=O)(=O)NCc2ccccc2)cc1. The predicted octanol–water partition coefficient (Wildman–Crippen LogP) is 3.68. The van der Waals surface area contributed by atoms with Crippen molar-refractivity contribution in [1.82, 2.24) is 4.72 Å². The second kappa shape index (κ2) is 8.47. The lowest BCUT2D eigenvalue weighted by molar-refractivity contribution is -0.117. The van der Waals surface area contributed by atoms with Gasteiger partial charge in [0, 0.05) is 18.7 Å². The summed E-state index contributed by atoms with van der Waals surface area (Å²) in [6, 6.07) is 15.6. The van der Waals surface area contributed by atoms with Crippen LogP contribution in [0.25, 0.3) is 0 Å². The molecule has 1 aliphatic carbocycles. The molecule has 0 aromatic heterocycles. The molecule has 1 amide bonds. The smallest absolute Gasteiger partial charge is 0.240 e. The number of anilines is 1. The predicted molar refractivity (Wildman–Crippen MR) is 102 cm³/mol. The van der Waals surface area contributed by atoms with Crippen molar-refractivity contribution in [1.29, 1.82) is 0 Å². The first kappa shape index (κ1) is 18.6. The van der Waals surface area contributed by atoms with Crippen LogP contribution in [0.15, 0.2) is 59.5 Å². The van der Waals surface area contributed by atoms with E-state index in [0.29, 0.717) is 18.0 Å². The van der Waals surface area contributed by atoms with E-state index in [1.54, 1.807) is 12.1 Å². The van der Waals surface area contributed by atoms with Crippen molar-refractivity contribution in [3.8, 4) is 0 Å². The Morgan fingerprint density at radius 3 is 2.27 bits per heavy atom. The number of nitrogens with one attached hydrogen (secondary N) is 2. The minimum absolute atomic E-state index is 0.00490. The van der Waals surface area contributed by atoms with Gasteiger partial charge in [0.2, 0.25) is 15.9 Å². The van der Waals surface area contributed by atoms with Gasteiger partial charge >= 0.3 is 0 Å².